The second kappa shape index (κ2) is 7.49. The molecule has 32 heavy (non-hydrogen) atoms. The number of methoxy groups -OCH3 is 2. The minimum atomic E-state index is -0.791. The van der Waals surface area contributed by atoms with Crippen LogP contribution in [0.3, 0.4) is 0 Å². The number of anilines is 1. The van der Waals surface area contributed by atoms with Gasteiger partial charge in [-0.1, -0.05) is 17.7 Å². The van der Waals surface area contributed by atoms with E-state index in [0.29, 0.717) is 28.0 Å². The molecule has 1 amide bonds. The number of benzene rings is 2. The van der Waals surface area contributed by atoms with Gasteiger partial charge in [-0.2, -0.15) is 0 Å². The number of aromatic nitrogens is 2. The summed E-state index contributed by atoms with van der Waals surface area (Å²) in [5.74, 6) is 0.679. The molecule has 2 aromatic heterocycles. The van der Waals surface area contributed by atoms with E-state index in [2.05, 4.69) is 9.97 Å². The molecule has 1 aliphatic rings. The molecule has 1 aliphatic heterocycles. The van der Waals surface area contributed by atoms with Gasteiger partial charge in [-0.25, -0.2) is 9.97 Å². The summed E-state index contributed by atoms with van der Waals surface area (Å²) in [6.45, 7) is 1.90. The van der Waals surface area contributed by atoms with Gasteiger partial charge >= 0.3 is 0 Å². The summed E-state index contributed by atoms with van der Waals surface area (Å²) >= 11 is 0. The maximum atomic E-state index is 13.6. The van der Waals surface area contributed by atoms with Crippen molar-refractivity contribution in [2.45, 2.75) is 13.0 Å². The predicted molar refractivity (Wildman–Crippen MR) is 117 cm³/mol. The van der Waals surface area contributed by atoms with E-state index >= 15 is 0 Å². The van der Waals surface area contributed by atoms with E-state index in [1.54, 1.807) is 55.9 Å². The molecule has 5 rings (SSSR count). The van der Waals surface area contributed by atoms with Crippen LogP contribution in [0.25, 0.3) is 11.0 Å². The van der Waals surface area contributed by atoms with Gasteiger partial charge in [0.25, 0.3) is 5.91 Å². The fourth-order valence-corrected chi connectivity index (χ4v) is 4.05. The Morgan fingerprint density at radius 3 is 2.44 bits per heavy atom. The quantitative estimate of drug-likeness (QED) is 0.489. The monoisotopic (exact) mass is 429 g/mol. The first-order chi connectivity index (χ1) is 15.5. The van der Waals surface area contributed by atoms with Gasteiger partial charge in [-0.15, -0.1) is 0 Å². The van der Waals surface area contributed by atoms with Gasteiger partial charge in [-0.3, -0.25) is 14.5 Å². The number of amides is 1. The summed E-state index contributed by atoms with van der Waals surface area (Å²) in [6.07, 6.45) is 3.08. The van der Waals surface area contributed by atoms with Gasteiger partial charge in [0.1, 0.15) is 5.58 Å². The Bertz CT molecular complexity index is 1410. The van der Waals surface area contributed by atoms with Crippen LogP contribution in [0.5, 0.6) is 11.5 Å². The fraction of sp³-hybridized carbons (Fsp3) is 0.167. The van der Waals surface area contributed by atoms with Crippen molar-refractivity contribution in [2.75, 3.05) is 19.1 Å². The molecular weight excluding hydrogens is 410 g/mol. The van der Waals surface area contributed by atoms with Crippen molar-refractivity contribution in [2.24, 2.45) is 0 Å². The molecule has 0 aliphatic carbocycles. The highest BCUT2D eigenvalue weighted by molar-refractivity contribution is 6.09. The van der Waals surface area contributed by atoms with Crippen LogP contribution in [0.4, 0.5) is 5.95 Å². The Morgan fingerprint density at radius 1 is 0.969 bits per heavy atom. The highest BCUT2D eigenvalue weighted by Gasteiger charge is 2.45. The number of rotatable bonds is 4. The van der Waals surface area contributed by atoms with Gasteiger partial charge in [-0.05, 0) is 42.8 Å². The molecule has 0 fully saturated rings. The number of hydrogen-bond acceptors (Lipinski definition) is 7. The van der Waals surface area contributed by atoms with Crippen LogP contribution in [0, 0.1) is 6.92 Å². The van der Waals surface area contributed by atoms with Gasteiger partial charge in [0.05, 0.1) is 31.2 Å². The van der Waals surface area contributed by atoms with E-state index < -0.39 is 11.9 Å². The summed E-state index contributed by atoms with van der Waals surface area (Å²) in [5, 5.41) is 0.415. The Morgan fingerprint density at radius 2 is 1.72 bits per heavy atom. The molecule has 0 N–H and O–H groups in total. The minimum Gasteiger partial charge on any atom is -0.493 e. The van der Waals surface area contributed by atoms with E-state index in [0.717, 1.165) is 5.56 Å². The molecule has 0 radical (unpaired) electrons. The molecule has 4 aromatic rings. The molecule has 2 aromatic carbocycles. The minimum absolute atomic E-state index is 0.0152. The Balaban J connectivity index is 1.82. The van der Waals surface area contributed by atoms with Crippen LogP contribution in [-0.2, 0) is 0 Å². The van der Waals surface area contributed by atoms with Gasteiger partial charge < -0.3 is 13.9 Å². The van der Waals surface area contributed by atoms with Crippen molar-refractivity contribution >= 4 is 22.8 Å². The van der Waals surface area contributed by atoms with Crippen molar-refractivity contribution in [1.82, 2.24) is 9.97 Å². The van der Waals surface area contributed by atoms with E-state index in [1.807, 2.05) is 13.0 Å². The topological polar surface area (TPSA) is 94.8 Å². The first kappa shape index (κ1) is 19.7. The number of fused-ring (bicyclic) bond motifs is 2. The second-order valence-corrected chi connectivity index (χ2v) is 7.41. The molecule has 160 valence electrons. The van der Waals surface area contributed by atoms with Crippen LogP contribution in [-0.4, -0.2) is 30.1 Å². The number of ether oxygens (including phenoxy) is 2. The van der Waals surface area contributed by atoms with Crippen LogP contribution in [0.2, 0.25) is 0 Å². The van der Waals surface area contributed by atoms with E-state index in [9.17, 15) is 9.59 Å². The predicted octanol–water partition coefficient (Wildman–Crippen LogP) is 3.66. The lowest BCUT2D eigenvalue weighted by Crippen LogP contribution is -2.31. The Labute approximate surface area is 183 Å². The van der Waals surface area contributed by atoms with Gasteiger partial charge in [0.15, 0.2) is 16.9 Å². The number of carbonyl (C=O) groups excluding carboxylic acids is 1. The molecule has 1 unspecified atom stereocenters. The molecule has 1 atom stereocenters. The third-order valence-electron chi connectivity index (χ3n) is 5.52. The summed E-state index contributed by atoms with van der Waals surface area (Å²) in [5.41, 5.74) is 1.89. The fourth-order valence-electron chi connectivity index (χ4n) is 4.05. The molecular formula is C24H19N3O5. The second-order valence-electron chi connectivity index (χ2n) is 7.41. The van der Waals surface area contributed by atoms with Crippen LogP contribution < -0.4 is 19.8 Å². The zero-order chi connectivity index (χ0) is 22.4. The highest BCUT2D eigenvalue weighted by atomic mass is 16.5. The average molecular weight is 429 g/mol. The number of aryl methyl sites for hydroxylation is 1. The van der Waals surface area contributed by atoms with E-state index in [4.69, 9.17) is 13.9 Å². The normalized spacial score (nSPS) is 15.2. The SMILES string of the molecule is COc1ccc(C2c3c(oc4ccc(C)cc4c3=O)C(=O)N2c2ncccn2)cc1OC. The average Bonchev–Trinajstić information content (AvgIpc) is 3.12. The zero-order valence-electron chi connectivity index (χ0n) is 17.7. The summed E-state index contributed by atoms with van der Waals surface area (Å²) in [7, 11) is 3.07. The smallest absolute Gasteiger partial charge is 0.297 e. The lowest BCUT2D eigenvalue weighted by Gasteiger charge is -2.23. The van der Waals surface area contributed by atoms with E-state index in [-0.39, 0.29) is 22.7 Å². The summed E-state index contributed by atoms with van der Waals surface area (Å²) < 4.78 is 16.7. The largest absolute Gasteiger partial charge is 0.493 e. The maximum Gasteiger partial charge on any atom is 0.297 e. The first-order valence-electron chi connectivity index (χ1n) is 9.93. The molecule has 0 spiro atoms. The summed E-state index contributed by atoms with van der Waals surface area (Å²) in [4.78, 5) is 37.0. The maximum absolute atomic E-state index is 13.6. The summed E-state index contributed by atoms with van der Waals surface area (Å²) in [6, 6.07) is 11.4. The van der Waals surface area contributed by atoms with Gasteiger partial charge in [0, 0.05) is 12.4 Å². The third kappa shape index (κ3) is 2.91. The lowest BCUT2D eigenvalue weighted by atomic mass is 9.98. The van der Waals surface area contributed by atoms with Crippen molar-refractivity contribution in [3.05, 3.63) is 87.5 Å². The number of hydrogen-bond donors (Lipinski definition) is 0. The van der Waals surface area contributed by atoms with Crippen molar-refractivity contribution in [3.8, 4) is 11.5 Å². The molecule has 3 heterocycles. The number of nitrogens with zero attached hydrogens (tertiary/aromatic N) is 3. The lowest BCUT2D eigenvalue weighted by molar-refractivity contribution is 0.0969. The molecule has 0 saturated heterocycles. The standard InChI is InChI=1S/C24H19N3O5/c1-13-5-7-16-15(11-13)21(28)19-20(14-6-8-17(30-2)18(12-14)31-3)27(23(29)22(19)32-16)24-25-9-4-10-26-24/h4-12,20H,1-3H3. The van der Waals surface area contributed by atoms with Crippen molar-refractivity contribution < 1.29 is 18.7 Å². The molecule has 0 saturated carbocycles. The van der Waals surface area contributed by atoms with Crippen LogP contribution in [0.1, 0.15) is 33.3 Å². The molecule has 8 heteroatoms. The Hall–Kier alpha value is -4.20. The van der Waals surface area contributed by atoms with Crippen LogP contribution >= 0.6 is 0 Å². The zero-order valence-corrected chi connectivity index (χ0v) is 17.7. The van der Waals surface area contributed by atoms with E-state index in [1.165, 1.54) is 12.0 Å². The van der Waals surface area contributed by atoms with Gasteiger partial charge in [0.2, 0.25) is 11.7 Å². The number of carbonyl (C=O) groups is 1. The molecule has 8 nitrogen and oxygen atoms in total. The van der Waals surface area contributed by atoms with Crippen molar-refractivity contribution in [1.29, 1.82) is 0 Å². The highest BCUT2D eigenvalue weighted by Crippen LogP contribution is 2.42. The van der Waals surface area contributed by atoms with Crippen LogP contribution in [0.15, 0.2) is 64.1 Å². The molecule has 0 bridgehead atoms. The Kier molecular flexibility index (Phi) is 4.62. The first-order valence-corrected chi connectivity index (χ1v) is 9.93. The third-order valence-corrected chi connectivity index (χ3v) is 5.52. The van der Waals surface area contributed by atoms with Crippen molar-refractivity contribution in [3.63, 3.8) is 0 Å².